The lowest BCUT2D eigenvalue weighted by atomic mass is 10.2. The van der Waals surface area contributed by atoms with E-state index in [1.54, 1.807) is 30.3 Å². The van der Waals surface area contributed by atoms with Crippen molar-refractivity contribution in [2.24, 2.45) is 0 Å². The maximum atomic E-state index is 11.4. The van der Waals surface area contributed by atoms with E-state index in [4.69, 9.17) is 27.9 Å². The highest BCUT2D eigenvalue weighted by atomic mass is 35.5. The first-order chi connectivity index (χ1) is 9.60. The van der Waals surface area contributed by atoms with E-state index >= 15 is 0 Å². The quantitative estimate of drug-likeness (QED) is 0.807. The van der Waals surface area contributed by atoms with Crippen LogP contribution in [0.2, 0.25) is 10.0 Å². The van der Waals surface area contributed by atoms with Crippen molar-refractivity contribution < 1.29 is 14.3 Å². The highest BCUT2D eigenvalue weighted by molar-refractivity contribution is 6.34. The lowest BCUT2D eigenvalue weighted by Gasteiger charge is -2.08. The molecule has 0 aliphatic heterocycles. The minimum atomic E-state index is -0.422. The Morgan fingerprint density at radius 1 is 1.25 bits per heavy atom. The van der Waals surface area contributed by atoms with Crippen molar-refractivity contribution in [2.45, 2.75) is 6.61 Å². The molecule has 0 aliphatic carbocycles. The van der Waals surface area contributed by atoms with E-state index in [0.29, 0.717) is 27.1 Å². The van der Waals surface area contributed by atoms with Crippen LogP contribution in [0.25, 0.3) is 0 Å². The van der Waals surface area contributed by atoms with E-state index in [9.17, 15) is 4.79 Å². The number of carbonyl (C=O) groups excluding carboxylic acids is 1. The molecule has 0 unspecified atom stereocenters. The van der Waals surface area contributed by atoms with Crippen molar-refractivity contribution in [3.05, 3.63) is 57.8 Å². The third-order valence-corrected chi connectivity index (χ3v) is 3.05. The molecule has 2 rings (SSSR count). The van der Waals surface area contributed by atoms with Gasteiger partial charge in [0.25, 0.3) is 0 Å². The van der Waals surface area contributed by atoms with Gasteiger partial charge >= 0.3 is 5.97 Å². The number of hydrogen-bond donors (Lipinski definition) is 0. The first kappa shape index (κ1) is 14.6. The minimum Gasteiger partial charge on any atom is -0.486 e. The standard InChI is InChI=1S/C14H11Cl2NO3/c1-19-14(18)9-4-5-17-11(6-9)8-20-13-7-10(15)2-3-12(13)16/h2-7H,8H2,1H3. The Kier molecular flexibility index (Phi) is 4.82. The SMILES string of the molecule is COC(=O)c1ccnc(COc2cc(Cl)ccc2Cl)c1. The molecular formula is C14H11Cl2NO3. The number of halogens is 2. The monoisotopic (exact) mass is 311 g/mol. The summed E-state index contributed by atoms with van der Waals surface area (Å²) in [7, 11) is 1.32. The molecule has 104 valence electrons. The lowest BCUT2D eigenvalue weighted by Crippen LogP contribution is -2.05. The first-order valence-electron chi connectivity index (χ1n) is 5.71. The normalized spacial score (nSPS) is 10.2. The molecule has 1 aromatic carbocycles. The molecule has 0 atom stereocenters. The van der Waals surface area contributed by atoms with E-state index in [1.807, 2.05) is 0 Å². The van der Waals surface area contributed by atoms with Gasteiger partial charge in [-0.2, -0.15) is 0 Å². The number of pyridine rings is 1. The second kappa shape index (κ2) is 6.59. The molecule has 0 fully saturated rings. The molecule has 0 N–H and O–H groups in total. The number of carbonyl (C=O) groups is 1. The van der Waals surface area contributed by atoms with E-state index in [-0.39, 0.29) is 6.61 Å². The van der Waals surface area contributed by atoms with Crippen molar-refractivity contribution in [3.63, 3.8) is 0 Å². The van der Waals surface area contributed by atoms with Crippen LogP contribution in [0.5, 0.6) is 5.75 Å². The Bertz CT molecular complexity index is 632. The second-order valence-corrected chi connectivity index (χ2v) is 4.73. The Morgan fingerprint density at radius 2 is 2.05 bits per heavy atom. The summed E-state index contributed by atoms with van der Waals surface area (Å²) in [5.74, 6) is 0.0406. The molecule has 0 saturated carbocycles. The fourth-order valence-electron chi connectivity index (χ4n) is 1.54. The van der Waals surface area contributed by atoms with Gasteiger partial charge in [0, 0.05) is 17.3 Å². The van der Waals surface area contributed by atoms with Gasteiger partial charge in [-0.05, 0) is 24.3 Å². The Labute approximate surface area is 126 Å². The number of rotatable bonds is 4. The van der Waals surface area contributed by atoms with E-state index in [0.717, 1.165) is 0 Å². The van der Waals surface area contributed by atoms with Crippen LogP contribution in [-0.4, -0.2) is 18.1 Å². The van der Waals surface area contributed by atoms with Crippen LogP contribution in [0.4, 0.5) is 0 Å². The fourth-order valence-corrected chi connectivity index (χ4v) is 1.88. The third-order valence-electron chi connectivity index (χ3n) is 2.51. The van der Waals surface area contributed by atoms with Gasteiger partial charge < -0.3 is 9.47 Å². The van der Waals surface area contributed by atoms with E-state index in [2.05, 4.69) is 9.72 Å². The number of aromatic nitrogens is 1. The highest BCUT2D eigenvalue weighted by Crippen LogP contribution is 2.28. The molecule has 1 heterocycles. The van der Waals surface area contributed by atoms with Crippen molar-refractivity contribution in [1.82, 2.24) is 4.98 Å². The Balaban J connectivity index is 2.11. The summed E-state index contributed by atoms with van der Waals surface area (Å²) >= 11 is 11.9. The molecule has 0 aliphatic rings. The van der Waals surface area contributed by atoms with Gasteiger partial charge in [0.1, 0.15) is 12.4 Å². The summed E-state index contributed by atoms with van der Waals surface area (Å²) in [5, 5.41) is 0.985. The largest absolute Gasteiger partial charge is 0.486 e. The lowest BCUT2D eigenvalue weighted by molar-refractivity contribution is 0.0600. The molecule has 0 saturated heterocycles. The average Bonchev–Trinajstić information content (AvgIpc) is 2.47. The molecule has 20 heavy (non-hydrogen) atoms. The van der Waals surface area contributed by atoms with Gasteiger partial charge in [-0.3, -0.25) is 4.98 Å². The van der Waals surface area contributed by atoms with Crippen molar-refractivity contribution >= 4 is 29.2 Å². The van der Waals surface area contributed by atoms with Crippen molar-refractivity contribution in [1.29, 1.82) is 0 Å². The summed E-state index contributed by atoms with van der Waals surface area (Å²) in [6.07, 6.45) is 1.52. The highest BCUT2D eigenvalue weighted by Gasteiger charge is 2.08. The fraction of sp³-hybridized carbons (Fsp3) is 0.143. The number of hydrogen-bond acceptors (Lipinski definition) is 4. The average molecular weight is 312 g/mol. The molecule has 1 aromatic heterocycles. The van der Waals surface area contributed by atoms with Crippen LogP contribution in [0.15, 0.2) is 36.5 Å². The predicted octanol–water partition coefficient (Wildman–Crippen LogP) is 3.75. The topological polar surface area (TPSA) is 48.4 Å². The Hall–Kier alpha value is -1.78. The summed E-state index contributed by atoms with van der Waals surface area (Å²) < 4.78 is 10.2. The van der Waals surface area contributed by atoms with Crippen LogP contribution >= 0.6 is 23.2 Å². The van der Waals surface area contributed by atoms with Gasteiger partial charge in [0.15, 0.2) is 0 Å². The van der Waals surface area contributed by atoms with E-state index < -0.39 is 5.97 Å². The summed E-state index contributed by atoms with van der Waals surface area (Å²) in [6, 6.07) is 8.12. The van der Waals surface area contributed by atoms with Crippen molar-refractivity contribution in [3.8, 4) is 5.75 Å². The number of benzene rings is 1. The minimum absolute atomic E-state index is 0.172. The smallest absolute Gasteiger partial charge is 0.337 e. The van der Waals surface area contributed by atoms with Gasteiger partial charge in [0.05, 0.1) is 23.4 Å². The van der Waals surface area contributed by atoms with Crippen LogP contribution < -0.4 is 4.74 Å². The molecule has 2 aromatic rings. The number of methoxy groups -OCH3 is 1. The Morgan fingerprint density at radius 3 is 2.80 bits per heavy atom. The summed E-state index contributed by atoms with van der Waals surface area (Å²) in [5.41, 5.74) is 1.00. The molecule has 0 amide bonds. The van der Waals surface area contributed by atoms with Crippen molar-refractivity contribution in [2.75, 3.05) is 7.11 Å². The first-order valence-corrected chi connectivity index (χ1v) is 6.47. The predicted molar refractivity (Wildman–Crippen MR) is 76.4 cm³/mol. The molecule has 0 bridgehead atoms. The summed E-state index contributed by atoms with van der Waals surface area (Å²) in [6.45, 7) is 0.172. The van der Waals surface area contributed by atoms with Gasteiger partial charge in [-0.1, -0.05) is 23.2 Å². The maximum absolute atomic E-state index is 11.4. The summed E-state index contributed by atoms with van der Waals surface area (Å²) in [4.78, 5) is 15.5. The maximum Gasteiger partial charge on any atom is 0.337 e. The molecule has 4 nitrogen and oxygen atoms in total. The van der Waals surface area contributed by atoms with Crippen LogP contribution in [0.3, 0.4) is 0 Å². The third kappa shape index (κ3) is 3.62. The zero-order chi connectivity index (χ0) is 14.5. The van der Waals surface area contributed by atoms with Gasteiger partial charge in [0.2, 0.25) is 0 Å². The molecule has 0 spiro atoms. The van der Waals surface area contributed by atoms with Crippen LogP contribution in [0, 0.1) is 0 Å². The number of ether oxygens (including phenoxy) is 2. The number of nitrogens with zero attached hydrogens (tertiary/aromatic N) is 1. The van der Waals surface area contributed by atoms with Crippen LogP contribution in [-0.2, 0) is 11.3 Å². The molecular weight excluding hydrogens is 301 g/mol. The van der Waals surface area contributed by atoms with E-state index in [1.165, 1.54) is 13.3 Å². The molecule has 0 radical (unpaired) electrons. The zero-order valence-corrected chi connectivity index (χ0v) is 12.1. The number of esters is 1. The van der Waals surface area contributed by atoms with Gasteiger partial charge in [-0.15, -0.1) is 0 Å². The second-order valence-electron chi connectivity index (χ2n) is 3.89. The van der Waals surface area contributed by atoms with Crippen LogP contribution in [0.1, 0.15) is 16.1 Å². The molecule has 6 heteroatoms. The zero-order valence-electron chi connectivity index (χ0n) is 10.6. The van der Waals surface area contributed by atoms with Gasteiger partial charge in [-0.25, -0.2) is 4.79 Å².